The van der Waals surface area contributed by atoms with Crippen molar-refractivity contribution >= 4 is 17.7 Å². The van der Waals surface area contributed by atoms with Crippen LogP contribution in [-0.2, 0) is 11.3 Å². The van der Waals surface area contributed by atoms with E-state index in [4.69, 9.17) is 9.15 Å². The van der Waals surface area contributed by atoms with E-state index in [1.54, 1.807) is 42.3 Å². The molecule has 0 spiro atoms. The lowest BCUT2D eigenvalue weighted by Crippen LogP contribution is -2.39. The summed E-state index contributed by atoms with van der Waals surface area (Å²) < 4.78 is 50.6. The Morgan fingerprint density at radius 1 is 1.28 bits per heavy atom. The smallest absolute Gasteiger partial charge is 0.406 e. The average molecular weight is 425 g/mol. The zero-order chi connectivity index (χ0) is 20.9. The number of rotatable bonds is 8. The van der Waals surface area contributed by atoms with Gasteiger partial charge < -0.3 is 14.1 Å². The number of halogens is 3. The van der Waals surface area contributed by atoms with E-state index in [2.05, 4.69) is 4.98 Å². The van der Waals surface area contributed by atoms with Crippen molar-refractivity contribution in [1.82, 2.24) is 14.5 Å². The van der Waals surface area contributed by atoms with Crippen molar-refractivity contribution in [1.29, 1.82) is 0 Å². The van der Waals surface area contributed by atoms with Crippen molar-refractivity contribution in [2.45, 2.75) is 17.9 Å². The third-order valence-corrected chi connectivity index (χ3v) is 4.88. The number of carbonyl (C=O) groups excluding carboxylic acids is 1. The molecule has 0 fully saturated rings. The van der Waals surface area contributed by atoms with Crippen LogP contribution in [0.1, 0.15) is 5.76 Å². The second kappa shape index (κ2) is 9.08. The van der Waals surface area contributed by atoms with Crippen molar-refractivity contribution in [2.24, 2.45) is 0 Å². The Kier molecular flexibility index (Phi) is 6.53. The molecular weight excluding hydrogens is 407 g/mol. The van der Waals surface area contributed by atoms with Gasteiger partial charge in [0.1, 0.15) is 18.1 Å². The summed E-state index contributed by atoms with van der Waals surface area (Å²) in [6, 6.07) is 10.3. The first-order valence-corrected chi connectivity index (χ1v) is 9.52. The number of alkyl halides is 3. The maximum absolute atomic E-state index is 12.9. The third-order valence-electron chi connectivity index (χ3n) is 3.93. The summed E-state index contributed by atoms with van der Waals surface area (Å²) in [4.78, 5) is 17.4. The van der Waals surface area contributed by atoms with Crippen LogP contribution in [0.4, 0.5) is 13.2 Å². The van der Waals surface area contributed by atoms with E-state index in [0.29, 0.717) is 10.9 Å². The second-order valence-corrected chi connectivity index (χ2v) is 6.95. The van der Waals surface area contributed by atoms with Crippen molar-refractivity contribution in [3.05, 3.63) is 60.8 Å². The molecule has 0 unspecified atom stereocenters. The summed E-state index contributed by atoms with van der Waals surface area (Å²) in [5, 5.41) is 0.494. The Balaban J connectivity index is 1.69. The highest BCUT2D eigenvalue weighted by Crippen LogP contribution is 2.24. The minimum absolute atomic E-state index is 0.191. The number of carbonyl (C=O) groups is 1. The number of thioether (sulfide) groups is 1. The lowest BCUT2D eigenvalue weighted by molar-refractivity contribution is -0.161. The molecule has 29 heavy (non-hydrogen) atoms. The molecule has 0 N–H and O–H groups in total. The van der Waals surface area contributed by atoms with Crippen LogP contribution in [0.25, 0.3) is 5.69 Å². The predicted octanol–water partition coefficient (Wildman–Crippen LogP) is 4.16. The summed E-state index contributed by atoms with van der Waals surface area (Å²) >= 11 is 1.06. The SMILES string of the molecule is COc1ccc(-n2ccnc2SCC(=O)N(Cc2ccco2)CC(F)(F)F)cc1. The van der Waals surface area contributed by atoms with E-state index < -0.39 is 18.6 Å². The van der Waals surface area contributed by atoms with Gasteiger partial charge in [-0.2, -0.15) is 13.2 Å². The van der Waals surface area contributed by atoms with Gasteiger partial charge in [0.15, 0.2) is 5.16 Å². The second-order valence-electron chi connectivity index (χ2n) is 6.01. The fraction of sp³-hybridized carbons (Fsp3) is 0.263. The minimum Gasteiger partial charge on any atom is -0.497 e. The van der Waals surface area contributed by atoms with Crippen molar-refractivity contribution in [2.75, 3.05) is 19.4 Å². The molecule has 0 saturated heterocycles. The van der Waals surface area contributed by atoms with Crippen LogP contribution in [0.5, 0.6) is 5.75 Å². The lowest BCUT2D eigenvalue weighted by atomic mass is 10.3. The topological polar surface area (TPSA) is 60.5 Å². The van der Waals surface area contributed by atoms with E-state index in [1.807, 2.05) is 12.1 Å². The molecule has 154 valence electrons. The number of methoxy groups -OCH3 is 1. The molecule has 2 aromatic heterocycles. The first-order chi connectivity index (χ1) is 13.9. The zero-order valence-electron chi connectivity index (χ0n) is 15.4. The first kappa shape index (κ1) is 20.8. The van der Waals surface area contributed by atoms with Crippen LogP contribution in [0.2, 0.25) is 0 Å². The van der Waals surface area contributed by atoms with Gasteiger partial charge in [-0.15, -0.1) is 0 Å². The van der Waals surface area contributed by atoms with Crippen molar-refractivity contribution < 1.29 is 27.1 Å². The summed E-state index contributed by atoms with van der Waals surface area (Å²) in [6.07, 6.45) is 0.124. The molecule has 2 heterocycles. The number of furan rings is 1. The van der Waals surface area contributed by atoms with Gasteiger partial charge in [-0.05, 0) is 36.4 Å². The van der Waals surface area contributed by atoms with E-state index in [9.17, 15) is 18.0 Å². The van der Waals surface area contributed by atoms with Gasteiger partial charge in [-0.1, -0.05) is 11.8 Å². The van der Waals surface area contributed by atoms with Crippen molar-refractivity contribution in [3.8, 4) is 11.4 Å². The monoisotopic (exact) mass is 425 g/mol. The standard InChI is InChI=1S/C19H18F3N3O3S/c1-27-15-6-4-14(5-7-15)25-9-8-23-18(25)29-12-17(26)24(13-19(20,21)22)11-16-3-2-10-28-16/h2-10H,11-13H2,1H3. The van der Waals surface area contributed by atoms with Gasteiger partial charge in [-0.25, -0.2) is 4.98 Å². The number of hydrogen-bond acceptors (Lipinski definition) is 5. The highest BCUT2D eigenvalue weighted by atomic mass is 32.2. The molecule has 1 aromatic carbocycles. The number of aromatic nitrogens is 2. The summed E-state index contributed by atoms with van der Waals surface area (Å²) in [5.41, 5.74) is 0.793. The van der Waals surface area contributed by atoms with Gasteiger partial charge in [0.25, 0.3) is 0 Å². The first-order valence-electron chi connectivity index (χ1n) is 8.53. The third kappa shape index (κ3) is 5.80. The fourth-order valence-electron chi connectivity index (χ4n) is 2.59. The highest BCUT2D eigenvalue weighted by Gasteiger charge is 2.33. The van der Waals surface area contributed by atoms with E-state index >= 15 is 0 Å². The Labute approximate surface area is 169 Å². The van der Waals surface area contributed by atoms with Crippen LogP contribution in [0.15, 0.2) is 64.6 Å². The summed E-state index contributed by atoms with van der Waals surface area (Å²) in [5.74, 6) is 0.128. The van der Waals surface area contributed by atoms with Crippen molar-refractivity contribution in [3.63, 3.8) is 0 Å². The van der Waals surface area contributed by atoms with E-state index in [1.165, 1.54) is 12.3 Å². The molecule has 0 aliphatic carbocycles. The van der Waals surface area contributed by atoms with E-state index in [-0.39, 0.29) is 18.1 Å². The summed E-state index contributed by atoms with van der Waals surface area (Å²) in [7, 11) is 1.56. The zero-order valence-corrected chi connectivity index (χ0v) is 16.2. The van der Waals surface area contributed by atoms with Gasteiger partial charge in [0.2, 0.25) is 5.91 Å². The van der Waals surface area contributed by atoms with E-state index in [0.717, 1.165) is 22.3 Å². The van der Waals surface area contributed by atoms with Crippen LogP contribution < -0.4 is 4.74 Å². The molecule has 0 bridgehead atoms. The number of ether oxygens (including phenoxy) is 1. The molecule has 3 rings (SSSR count). The quantitative estimate of drug-likeness (QED) is 0.508. The predicted molar refractivity (Wildman–Crippen MR) is 101 cm³/mol. The summed E-state index contributed by atoms with van der Waals surface area (Å²) in [6.45, 7) is -1.60. The molecule has 3 aromatic rings. The Bertz CT molecular complexity index is 924. The maximum Gasteiger partial charge on any atom is 0.406 e. The molecule has 0 aliphatic rings. The molecule has 1 amide bonds. The average Bonchev–Trinajstić information content (AvgIpc) is 3.36. The van der Waals surface area contributed by atoms with Crippen LogP contribution >= 0.6 is 11.8 Å². The van der Waals surface area contributed by atoms with Gasteiger partial charge >= 0.3 is 6.18 Å². The fourth-order valence-corrected chi connectivity index (χ4v) is 3.47. The molecular formula is C19H18F3N3O3S. The van der Waals surface area contributed by atoms with Gasteiger partial charge in [0, 0.05) is 18.1 Å². The maximum atomic E-state index is 12.9. The van der Waals surface area contributed by atoms with Crippen LogP contribution in [-0.4, -0.2) is 45.9 Å². The van der Waals surface area contributed by atoms with Gasteiger partial charge in [0.05, 0.1) is 25.7 Å². The number of amides is 1. The largest absolute Gasteiger partial charge is 0.497 e. The molecule has 0 atom stereocenters. The number of benzene rings is 1. The van der Waals surface area contributed by atoms with Gasteiger partial charge in [-0.3, -0.25) is 9.36 Å². The number of hydrogen-bond donors (Lipinski definition) is 0. The van der Waals surface area contributed by atoms with Crippen LogP contribution in [0, 0.1) is 0 Å². The molecule has 0 saturated carbocycles. The normalized spacial score (nSPS) is 11.4. The molecule has 0 aliphatic heterocycles. The lowest BCUT2D eigenvalue weighted by Gasteiger charge is -2.23. The Morgan fingerprint density at radius 2 is 2.03 bits per heavy atom. The Hall–Kier alpha value is -2.88. The highest BCUT2D eigenvalue weighted by molar-refractivity contribution is 7.99. The molecule has 6 nitrogen and oxygen atoms in total. The van der Waals surface area contributed by atoms with Crippen LogP contribution in [0.3, 0.4) is 0 Å². The molecule has 0 radical (unpaired) electrons. The Morgan fingerprint density at radius 3 is 2.66 bits per heavy atom. The number of nitrogens with zero attached hydrogens (tertiary/aromatic N) is 3. The minimum atomic E-state index is -4.51. The molecule has 10 heteroatoms. The number of imidazole rings is 1.